The number of hydrogen-bond acceptors (Lipinski definition) is 15. The lowest BCUT2D eigenvalue weighted by Gasteiger charge is -2.21. The van der Waals surface area contributed by atoms with Crippen molar-refractivity contribution >= 4 is 39.5 Å². The van der Waals surface area contributed by atoms with Crippen LogP contribution in [0.25, 0.3) is 0 Å². The van der Waals surface area contributed by atoms with Crippen LogP contribution in [-0.4, -0.2) is 96.7 Å². The highest BCUT2D eigenvalue weighted by Gasteiger charge is 2.30. The molecule has 3 unspecified atom stereocenters. The fourth-order valence-corrected chi connectivity index (χ4v) is 11.3. The van der Waals surface area contributed by atoms with E-state index in [0.29, 0.717) is 25.7 Å². The molecular formula is C65H126O17P2. The van der Waals surface area contributed by atoms with Gasteiger partial charge in [0.15, 0.2) is 12.2 Å². The van der Waals surface area contributed by atoms with E-state index in [9.17, 15) is 43.2 Å². The summed E-state index contributed by atoms with van der Waals surface area (Å²) in [4.78, 5) is 72.1. The lowest BCUT2D eigenvalue weighted by molar-refractivity contribution is -0.161. The molecule has 0 bridgehead atoms. The molecule has 0 aliphatic rings. The number of aliphatic hydroxyl groups excluding tert-OH is 1. The Labute approximate surface area is 511 Å². The van der Waals surface area contributed by atoms with Gasteiger partial charge in [-0.3, -0.25) is 37.3 Å². The minimum atomic E-state index is -4.95. The molecule has 0 radical (unpaired) electrons. The monoisotopic (exact) mass is 1240 g/mol. The van der Waals surface area contributed by atoms with Gasteiger partial charge in [-0.15, -0.1) is 0 Å². The molecule has 0 saturated heterocycles. The van der Waals surface area contributed by atoms with Crippen molar-refractivity contribution < 1.29 is 80.2 Å². The topological polar surface area (TPSA) is 237 Å². The summed E-state index contributed by atoms with van der Waals surface area (Å²) in [5.41, 5.74) is 0. The lowest BCUT2D eigenvalue weighted by atomic mass is 9.99. The Morgan fingerprint density at radius 1 is 0.345 bits per heavy atom. The Balaban J connectivity index is 5.18. The highest BCUT2D eigenvalue weighted by atomic mass is 31.2. The molecule has 0 aliphatic carbocycles. The standard InChI is InChI=1S/C65H126O17P2/c1-7-10-12-14-15-16-17-18-26-31-37-43-49-64(69)81-60(53-75-62(67)47-41-33-13-11-8-2)55-79-83(71,72)77-51-59(66)52-78-84(73,74)80-56-61(54-76-63(68)48-42-36-30-25-21-19-23-28-34-39-45-57(4)5)82-65(70)50-44-38-32-27-22-20-24-29-35-40-46-58(6)9-3/h57-61,66H,7-56H2,1-6H3,(H,71,72)(H,73,74)/t58?,59-,60+,61+/m0/s1. The van der Waals surface area contributed by atoms with Crippen LogP contribution >= 0.6 is 15.6 Å². The predicted octanol–water partition coefficient (Wildman–Crippen LogP) is 18.0. The number of esters is 4. The van der Waals surface area contributed by atoms with Gasteiger partial charge in [0, 0.05) is 25.7 Å². The summed E-state index contributed by atoms with van der Waals surface area (Å²) in [5.74, 6) is -0.580. The highest BCUT2D eigenvalue weighted by molar-refractivity contribution is 7.47. The van der Waals surface area contributed by atoms with E-state index in [-0.39, 0.29) is 25.7 Å². The van der Waals surface area contributed by atoms with E-state index >= 15 is 0 Å². The summed E-state index contributed by atoms with van der Waals surface area (Å²) >= 11 is 0. The van der Waals surface area contributed by atoms with Crippen LogP contribution in [0.4, 0.5) is 0 Å². The highest BCUT2D eigenvalue weighted by Crippen LogP contribution is 2.45. The number of carbonyl (C=O) groups excluding carboxylic acids is 4. The van der Waals surface area contributed by atoms with Gasteiger partial charge >= 0.3 is 39.5 Å². The molecule has 0 aliphatic heterocycles. The fraction of sp³-hybridized carbons (Fsp3) is 0.938. The first kappa shape index (κ1) is 82.1. The van der Waals surface area contributed by atoms with Gasteiger partial charge in [-0.05, 0) is 37.5 Å². The molecular weight excluding hydrogens is 1110 g/mol. The van der Waals surface area contributed by atoms with Gasteiger partial charge in [0.1, 0.15) is 19.3 Å². The van der Waals surface area contributed by atoms with E-state index in [4.69, 9.17) is 37.0 Å². The molecule has 0 saturated carbocycles. The average molecular weight is 1240 g/mol. The van der Waals surface area contributed by atoms with Crippen molar-refractivity contribution in [2.75, 3.05) is 39.6 Å². The van der Waals surface area contributed by atoms with Crippen LogP contribution in [0.3, 0.4) is 0 Å². The number of aliphatic hydroxyl groups is 1. The molecule has 3 N–H and O–H groups in total. The molecule has 0 aromatic carbocycles. The molecule has 0 amide bonds. The molecule has 0 aromatic rings. The van der Waals surface area contributed by atoms with Crippen LogP contribution in [0.1, 0.15) is 324 Å². The third-order valence-corrected chi connectivity index (χ3v) is 17.2. The Hall–Kier alpha value is -1.94. The van der Waals surface area contributed by atoms with E-state index in [1.807, 2.05) is 0 Å². The first-order chi connectivity index (χ1) is 40.4. The van der Waals surface area contributed by atoms with Gasteiger partial charge in [-0.25, -0.2) is 9.13 Å². The summed E-state index contributed by atoms with van der Waals surface area (Å²) in [6.45, 7) is 9.44. The summed E-state index contributed by atoms with van der Waals surface area (Å²) in [7, 11) is -9.88. The number of ether oxygens (including phenoxy) is 4. The van der Waals surface area contributed by atoms with Crippen molar-refractivity contribution in [1.82, 2.24) is 0 Å². The van der Waals surface area contributed by atoms with Gasteiger partial charge in [-0.1, -0.05) is 273 Å². The van der Waals surface area contributed by atoms with Gasteiger partial charge < -0.3 is 33.8 Å². The fourth-order valence-electron chi connectivity index (χ4n) is 9.68. The Morgan fingerprint density at radius 2 is 0.607 bits per heavy atom. The van der Waals surface area contributed by atoms with E-state index in [2.05, 4.69) is 41.5 Å². The minimum absolute atomic E-state index is 0.106. The van der Waals surface area contributed by atoms with E-state index in [1.165, 1.54) is 135 Å². The molecule has 0 heterocycles. The zero-order valence-corrected chi connectivity index (χ0v) is 56.0. The SMILES string of the molecule is CCCCCCCCCCCCCCC(=O)O[C@H](COC(=O)CCCCCCC)COP(=O)(O)OC[C@H](O)COP(=O)(O)OC[C@@H](COC(=O)CCCCCCCCCCCCC(C)C)OC(=O)CCCCCCCCCCCCC(C)CC. The van der Waals surface area contributed by atoms with Crippen molar-refractivity contribution in [3.63, 3.8) is 0 Å². The number of hydrogen-bond donors (Lipinski definition) is 3. The van der Waals surface area contributed by atoms with Gasteiger partial charge in [0.25, 0.3) is 0 Å². The number of unbranched alkanes of at least 4 members (excludes halogenated alkanes) is 33. The van der Waals surface area contributed by atoms with Crippen LogP contribution in [0.15, 0.2) is 0 Å². The number of rotatable bonds is 64. The maximum atomic E-state index is 13.0. The number of phosphoric ester groups is 2. The second kappa shape index (κ2) is 57.5. The maximum absolute atomic E-state index is 13.0. The molecule has 17 nitrogen and oxygen atoms in total. The zero-order valence-electron chi connectivity index (χ0n) is 54.2. The third kappa shape index (κ3) is 57.8. The Morgan fingerprint density at radius 3 is 0.905 bits per heavy atom. The van der Waals surface area contributed by atoms with Gasteiger partial charge in [0.2, 0.25) is 0 Å². The number of phosphoric acid groups is 2. The second-order valence-corrected chi connectivity index (χ2v) is 27.1. The van der Waals surface area contributed by atoms with Crippen LogP contribution in [0.5, 0.6) is 0 Å². The van der Waals surface area contributed by atoms with E-state index in [1.54, 1.807) is 0 Å². The largest absolute Gasteiger partial charge is 0.472 e. The molecule has 6 atom stereocenters. The van der Waals surface area contributed by atoms with Crippen LogP contribution < -0.4 is 0 Å². The second-order valence-electron chi connectivity index (χ2n) is 24.2. The summed E-state index contributed by atoms with van der Waals surface area (Å²) in [6.07, 6.45) is 40.5. The first-order valence-electron chi connectivity index (χ1n) is 34.0. The van der Waals surface area contributed by atoms with Crippen molar-refractivity contribution in [2.45, 2.75) is 342 Å². The smallest absolute Gasteiger partial charge is 0.462 e. The molecule has 0 aromatic heterocycles. The van der Waals surface area contributed by atoms with E-state index in [0.717, 1.165) is 108 Å². The number of carbonyl (C=O) groups is 4. The molecule has 498 valence electrons. The van der Waals surface area contributed by atoms with Gasteiger partial charge in [0.05, 0.1) is 26.4 Å². The minimum Gasteiger partial charge on any atom is -0.462 e. The van der Waals surface area contributed by atoms with Crippen molar-refractivity contribution in [3.05, 3.63) is 0 Å². The summed E-state index contributed by atoms with van der Waals surface area (Å²) in [6, 6.07) is 0. The summed E-state index contributed by atoms with van der Waals surface area (Å²) in [5, 5.41) is 10.5. The van der Waals surface area contributed by atoms with Crippen molar-refractivity contribution in [1.29, 1.82) is 0 Å². The molecule has 0 fully saturated rings. The van der Waals surface area contributed by atoms with Gasteiger partial charge in [-0.2, -0.15) is 0 Å². The van der Waals surface area contributed by atoms with Crippen molar-refractivity contribution in [3.8, 4) is 0 Å². The lowest BCUT2D eigenvalue weighted by Crippen LogP contribution is -2.30. The summed E-state index contributed by atoms with van der Waals surface area (Å²) < 4.78 is 67.9. The average Bonchev–Trinajstić information content (AvgIpc) is 3.47. The van der Waals surface area contributed by atoms with Crippen LogP contribution in [-0.2, 0) is 65.4 Å². The molecule has 84 heavy (non-hydrogen) atoms. The molecule has 19 heteroatoms. The van der Waals surface area contributed by atoms with E-state index < -0.39 is 97.5 Å². The predicted molar refractivity (Wildman–Crippen MR) is 335 cm³/mol. The maximum Gasteiger partial charge on any atom is 0.472 e. The molecule has 0 spiro atoms. The van der Waals surface area contributed by atoms with Crippen LogP contribution in [0, 0.1) is 11.8 Å². The first-order valence-corrected chi connectivity index (χ1v) is 37.0. The Bertz CT molecular complexity index is 1650. The molecule has 0 rings (SSSR count). The van der Waals surface area contributed by atoms with Crippen molar-refractivity contribution in [2.24, 2.45) is 11.8 Å². The Kier molecular flexibility index (Phi) is 56.2. The normalized spacial score (nSPS) is 14.6. The third-order valence-electron chi connectivity index (χ3n) is 15.3. The zero-order chi connectivity index (χ0) is 62.2. The quantitative estimate of drug-likeness (QED) is 0.0222. The van der Waals surface area contributed by atoms with Crippen LogP contribution in [0.2, 0.25) is 0 Å².